The third kappa shape index (κ3) is 1.60. The van der Waals surface area contributed by atoms with Gasteiger partial charge in [0.2, 0.25) is 5.88 Å². The minimum Gasteiger partial charge on any atom is -0.475 e. The van der Waals surface area contributed by atoms with E-state index in [1.54, 1.807) is 18.3 Å². The van der Waals surface area contributed by atoms with E-state index < -0.39 is 0 Å². The Hall–Kier alpha value is -0.800. The highest BCUT2D eigenvalue weighted by molar-refractivity contribution is 6.31. The molecule has 2 unspecified atom stereocenters. The van der Waals surface area contributed by atoms with Gasteiger partial charge >= 0.3 is 0 Å². The van der Waals surface area contributed by atoms with E-state index in [9.17, 15) is 0 Å². The van der Waals surface area contributed by atoms with Crippen LogP contribution in [-0.4, -0.2) is 23.7 Å². The molecule has 2 heterocycles. The summed E-state index contributed by atoms with van der Waals surface area (Å²) in [6.07, 6.45) is 4.21. The number of aromatic nitrogens is 1. The van der Waals surface area contributed by atoms with E-state index in [2.05, 4.69) is 10.3 Å². The summed E-state index contributed by atoms with van der Waals surface area (Å²) in [6, 6.07) is 3.61. The van der Waals surface area contributed by atoms with Crippen LogP contribution in [0.15, 0.2) is 18.3 Å². The number of halogens is 1. The van der Waals surface area contributed by atoms with E-state index in [0.717, 1.165) is 12.5 Å². The van der Waals surface area contributed by atoms with Gasteiger partial charge in [0.25, 0.3) is 0 Å². The Morgan fingerprint density at radius 1 is 1.67 bits per heavy atom. The fraction of sp³-hybridized carbons (Fsp3) is 0.545. The van der Waals surface area contributed by atoms with E-state index in [4.69, 9.17) is 16.3 Å². The Morgan fingerprint density at radius 3 is 3.27 bits per heavy atom. The molecule has 1 aromatic rings. The summed E-state index contributed by atoms with van der Waals surface area (Å²) in [4.78, 5) is 4.11. The molecule has 3 rings (SSSR count). The predicted molar refractivity (Wildman–Crippen MR) is 58.2 cm³/mol. The summed E-state index contributed by atoms with van der Waals surface area (Å²) in [6.45, 7) is 1.80. The molecule has 1 saturated heterocycles. The molecule has 1 aromatic heterocycles. The zero-order chi connectivity index (χ0) is 10.3. The van der Waals surface area contributed by atoms with Crippen molar-refractivity contribution in [3.63, 3.8) is 0 Å². The molecule has 0 aromatic carbocycles. The maximum atomic E-state index is 5.96. The number of hydrogen-bond acceptors (Lipinski definition) is 3. The first-order valence-electron chi connectivity index (χ1n) is 5.28. The zero-order valence-corrected chi connectivity index (χ0v) is 9.13. The second-order valence-electron chi connectivity index (χ2n) is 4.35. The number of nitrogens with zero attached hydrogens (tertiary/aromatic N) is 1. The lowest BCUT2D eigenvalue weighted by Gasteiger charge is -2.14. The third-order valence-corrected chi connectivity index (χ3v) is 3.68. The van der Waals surface area contributed by atoms with Crippen LogP contribution in [0.1, 0.15) is 12.8 Å². The summed E-state index contributed by atoms with van der Waals surface area (Å²) >= 11 is 5.96. The zero-order valence-electron chi connectivity index (χ0n) is 8.37. The number of nitrogens with one attached hydrogen (secondary N) is 1. The molecular weight excluding hydrogens is 212 g/mol. The average molecular weight is 225 g/mol. The van der Waals surface area contributed by atoms with Crippen molar-refractivity contribution in [1.29, 1.82) is 0 Å². The lowest BCUT2D eigenvalue weighted by atomic mass is 10.2. The van der Waals surface area contributed by atoms with E-state index in [1.165, 1.54) is 12.8 Å². The highest BCUT2D eigenvalue weighted by Gasteiger charge is 2.57. The van der Waals surface area contributed by atoms with Crippen LogP contribution in [0.3, 0.4) is 0 Å². The Bertz CT molecular complexity index is 385. The van der Waals surface area contributed by atoms with Gasteiger partial charge in [0.1, 0.15) is 11.6 Å². The molecular formula is C11H13ClN2O. The van der Waals surface area contributed by atoms with Gasteiger partial charge in [0, 0.05) is 6.20 Å². The van der Waals surface area contributed by atoms with Crippen molar-refractivity contribution in [1.82, 2.24) is 10.3 Å². The van der Waals surface area contributed by atoms with E-state index in [1.807, 2.05) is 0 Å². The van der Waals surface area contributed by atoms with Crippen molar-refractivity contribution >= 4 is 11.6 Å². The second-order valence-corrected chi connectivity index (χ2v) is 4.76. The first-order chi connectivity index (χ1) is 7.30. The summed E-state index contributed by atoms with van der Waals surface area (Å²) in [5.41, 5.74) is 0.237. The number of hydrogen-bond donors (Lipinski definition) is 1. The molecule has 0 amide bonds. The van der Waals surface area contributed by atoms with Crippen molar-refractivity contribution in [3.05, 3.63) is 23.4 Å². The van der Waals surface area contributed by atoms with Gasteiger partial charge in [-0.15, -0.1) is 0 Å². The largest absolute Gasteiger partial charge is 0.475 e. The smallest absolute Gasteiger partial charge is 0.232 e. The number of rotatable bonds is 3. The van der Waals surface area contributed by atoms with Crippen LogP contribution in [0.25, 0.3) is 0 Å². The summed E-state index contributed by atoms with van der Waals surface area (Å²) < 4.78 is 5.66. The van der Waals surface area contributed by atoms with Crippen molar-refractivity contribution in [2.45, 2.75) is 18.4 Å². The maximum absolute atomic E-state index is 5.96. The Morgan fingerprint density at radius 2 is 2.60 bits per heavy atom. The van der Waals surface area contributed by atoms with Crippen LogP contribution in [0.4, 0.5) is 0 Å². The van der Waals surface area contributed by atoms with E-state index in [0.29, 0.717) is 17.5 Å². The molecule has 15 heavy (non-hydrogen) atoms. The van der Waals surface area contributed by atoms with Gasteiger partial charge in [-0.05, 0) is 37.4 Å². The van der Waals surface area contributed by atoms with Gasteiger partial charge in [-0.1, -0.05) is 11.6 Å². The lowest BCUT2D eigenvalue weighted by molar-refractivity contribution is 0.250. The monoisotopic (exact) mass is 224 g/mol. The molecule has 2 atom stereocenters. The average Bonchev–Trinajstić information content (AvgIpc) is 2.80. The van der Waals surface area contributed by atoms with Crippen molar-refractivity contribution in [2.75, 3.05) is 13.2 Å². The Balaban J connectivity index is 1.65. The van der Waals surface area contributed by atoms with Gasteiger partial charge in [0.05, 0.1) is 5.54 Å². The molecule has 1 aliphatic carbocycles. The summed E-state index contributed by atoms with van der Waals surface area (Å²) in [5, 5.41) is 4.09. The molecule has 0 spiro atoms. The van der Waals surface area contributed by atoms with Crippen LogP contribution in [-0.2, 0) is 0 Å². The highest BCUT2D eigenvalue weighted by Crippen LogP contribution is 2.49. The fourth-order valence-corrected chi connectivity index (χ4v) is 2.55. The van der Waals surface area contributed by atoms with Crippen LogP contribution >= 0.6 is 11.6 Å². The van der Waals surface area contributed by atoms with Gasteiger partial charge in [-0.3, -0.25) is 0 Å². The molecule has 80 valence electrons. The van der Waals surface area contributed by atoms with Crippen LogP contribution < -0.4 is 10.1 Å². The molecule has 0 bridgehead atoms. The van der Waals surface area contributed by atoms with Crippen LogP contribution in [0.5, 0.6) is 5.88 Å². The molecule has 1 N–H and O–H groups in total. The predicted octanol–water partition coefficient (Wildman–Crippen LogP) is 1.87. The number of piperidine rings is 1. The summed E-state index contributed by atoms with van der Waals surface area (Å²) in [7, 11) is 0. The number of pyridine rings is 1. The number of fused-ring (bicyclic) bond motifs is 1. The maximum Gasteiger partial charge on any atom is 0.232 e. The molecule has 2 aliphatic rings. The molecule has 0 radical (unpaired) electrons. The van der Waals surface area contributed by atoms with Crippen LogP contribution in [0, 0.1) is 5.92 Å². The van der Waals surface area contributed by atoms with Gasteiger partial charge in [0.15, 0.2) is 0 Å². The molecule has 1 aliphatic heterocycles. The minimum absolute atomic E-state index is 0.237. The third-order valence-electron chi connectivity index (χ3n) is 3.39. The normalized spacial score (nSPS) is 32.5. The van der Waals surface area contributed by atoms with Gasteiger partial charge in [-0.2, -0.15) is 0 Å². The molecule has 1 saturated carbocycles. The molecule has 3 nitrogen and oxygen atoms in total. The quantitative estimate of drug-likeness (QED) is 0.851. The second kappa shape index (κ2) is 3.35. The molecule has 4 heteroatoms. The van der Waals surface area contributed by atoms with Crippen LogP contribution in [0.2, 0.25) is 5.02 Å². The fourth-order valence-electron chi connectivity index (χ4n) is 2.37. The van der Waals surface area contributed by atoms with Gasteiger partial charge < -0.3 is 10.1 Å². The van der Waals surface area contributed by atoms with Crippen molar-refractivity contribution in [2.24, 2.45) is 5.92 Å². The van der Waals surface area contributed by atoms with Crippen molar-refractivity contribution < 1.29 is 4.74 Å². The summed E-state index contributed by atoms with van der Waals surface area (Å²) in [5.74, 6) is 1.35. The van der Waals surface area contributed by atoms with E-state index >= 15 is 0 Å². The lowest BCUT2D eigenvalue weighted by Crippen LogP contribution is -2.34. The minimum atomic E-state index is 0.237. The van der Waals surface area contributed by atoms with Crippen molar-refractivity contribution in [3.8, 4) is 5.88 Å². The molecule has 2 fully saturated rings. The van der Waals surface area contributed by atoms with Gasteiger partial charge in [-0.25, -0.2) is 4.98 Å². The highest BCUT2D eigenvalue weighted by atomic mass is 35.5. The topological polar surface area (TPSA) is 34.1 Å². The first kappa shape index (κ1) is 9.43. The Kier molecular flexibility index (Phi) is 2.11. The number of ether oxygens (including phenoxy) is 1. The van der Waals surface area contributed by atoms with E-state index in [-0.39, 0.29) is 5.54 Å². The Labute approximate surface area is 93.8 Å². The standard InChI is InChI=1S/C11H13ClN2O/c12-9-2-1-4-13-10(9)15-7-11-6-8(11)3-5-14-11/h1-2,4,8,14H,3,5-7H2. The SMILES string of the molecule is Clc1cccnc1OCC12CC1CCN2. The first-order valence-corrected chi connectivity index (χ1v) is 5.66.